The van der Waals surface area contributed by atoms with Gasteiger partial charge in [0.1, 0.15) is 0 Å². The molecule has 0 aliphatic rings. The minimum absolute atomic E-state index is 0. The van der Waals surface area contributed by atoms with Gasteiger partial charge >= 0.3 is 0 Å². The first-order valence-corrected chi connectivity index (χ1v) is 11.5. The Bertz CT molecular complexity index is 1440. The van der Waals surface area contributed by atoms with Crippen molar-refractivity contribution in [3.63, 3.8) is 0 Å². The number of phenols is 1. The molecule has 193 valence electrons. The number of ether oxygens (including phenoxy) is 1. The van der Waals surface area contributed by atoms with Gasteiger partial charge in [0.2, 0.25) is 11.8 Å². The molecule has 37 heavy (non-hydrogen) atoms. The first-order valence-electron chi connectivity index (χ1n) is 11.5. The van der Waals surface area contributed by atoms with Gasteiger partial charge in [-0.2, -0.15) is 10.2 Å². The molecular formula is C28H26CuN4O4. The van der Waals surface area contributed by atoms with Crippen LogP contribution in [-0.4, -0.2) is 42.0 Å². The van der Waals surface area contributed by atoms with Crippen molar-refractivity contribution >= 4 is 0 Å². The molecule has 0 saturated carbocycles. The van der Waals surface area contributed by atoms with Crippen LogP contribution < -0.4 is 4.74 Å². The van der Waals surface area contributed by atoms with E-state index in [2.05, 4.69) is 10.2 Å². The van der Waals surface area contributed by atoms with Crippen LogP contribution >= 0.6 is 0 Å². The van der Waals surface area contributed by atoms with Crippen LogP contribution in [0.2, 0.25) is 0 Å². The normalized spacial score (nSPS) is 10.9. The molecule has 0 spiro atoms. The van der Waals surface area contributed by atoms with Crippen LogP contribution in [0.1, 0.15) is 34.0 Å². The van der Waals surface area contributed by atoms with Gasteiger partial charge in [-0.3, -0.25) is 0 Å². The molecule has 0 saturated heterocycles. The summed E-state index contributed by atoms with van der Waals surface area (Å²) in [5.41, 5.74) is 4.27. The average molecular weight is 546 g/mol. The second-order valence-corrected chi connectivity index (χ2v) is 8.50. The molecule has 2 heterocycles. The van der Waals surface area contributed by atoms with Crippen LogP contribution in [0.15, 0.2) is 78.9 Å². The fourth-order valence-electron chi connectivity index (χ4n) is 4.58. The van der Waals surface area contributed by atoms with Crippen molar-refractivity contribution in [3.8, 4) is 34.6 Å². The van der Waals surface area contributed by atoms with E-state index in [0.717, 1.165) is 0 Å². The van der Waals surface area contributed by atoms with E-state index in [1.165, 1.54) is 22.5 Å². The number of nitrogens with zero attached hydrogens (tertiary/aromatic N) is 4. The van der Waals surface area contributed by atoms with Crippen molar-refractivity contribution in [1.29, 1.82) is 0 Å². The number of hydrogen-bond donors (Lipinski definition) is 3. The Morgan fingerprint density at radius 1 is 0.703 bits per heavy atom. The van der Waals surface area contributed by atoms with Crippen molar-refractivity contribution < 1.29 is 37.1 Å². The quantitative estimate of drug-likeness (QED) is 0.260. The van der Waals surface area contributed by atoms with Crippen LogP contribution in [0, 0.1) is 13.8 Å². The number of rotatable bonds is 6. The molecule has 5 aromatic rings. The SMILES string of the molecule is COc1cc(C(c2c(C)nn(-c3ccccc3)c2O)c2c(C)nn(-c3ccccc3)c2O)ccc1O.[Cu]. The van der Waals surface area contributed by atoms with Gasteiger partial charge in [0.05, 0.1) is 29.9 Å². The summed E-state index contributed by atoms with van der Waals surface area (Å²) in [7, 11) is 1.47. The summed E-state index contributed by atoms with van der Waals surface area (Å²) in [6, 6.07) is 23.6. The van der Waals surface area contributed by atoms with E-state index >= 15 is 0 Å². The van der Waals surface area contributed by atoms with Gasteiger partial charge in [-0.05, 0) is 55.8 Å². The molecule has 0 bridgehead atoms. The molecule has 0 aliphatic carbocycles. The Balaban J connectivity index is 0.00000320. The number of methoxy groups -OCH3 is 1. The second kappa shape index (κ2) is 10.4. The molecular weight excluding hydrogens is 520 g/mol. The van der Waals surface area contributed by atoms with Crippen LogP contribution in [0.25, 0.3) is 11.4 Å². The van der Waals surface area contributed by atoms with E-state index in [1.807, 2.05) is 74.5 Å². The number of para-hydroxylation sites is 2. The van der Waals surface area contributed by atoms with E-state index in [-0.39, 0.29) is 40.3 Å². The van der Waals surface area contributed by atoms with Crippen LogP contribution in [-0.2, 0) is 17.1 Å². The first kappa shape index (κ1) is 25.9. The minimum atomic E-state index is -0.658. The van der Waals surface area contributed by atoms with Gasteiger partial charge in [0, 0.05) is 34.1 Å². The molecule has 0 unspecified atom stereocenters. The molecule has 2 aromatic heterocycles. The molecule has 9 heteroatoms. The maximum atomic E-state index is 11.5. The topological polar surface area (TPSA) is 106 Å². The molecule has 3 N–H and O–H groups in total. The second-order valence-electron chi connectivity index (χ2n) is 8.50. The number of aryl methyl sites for hydroxylation is 2. The third kappa shape index (κ3) is 4.55. The largest absolute Gasteiger partial charge is 0.504 e. The summed E-state index contributed by atoms with van der Waals surface area (Å²) in [6.45, 7) is 3.63. The summed E-state index contributed by atoms with van der Waals surface area (Å²) < 4.78 is 8.31. The minimum Gasteiger partial charge on any atom is -0.504 e. The Morgan fingerprint density at radius 2 is 1.16 bits per heavy atom. The predicted molar refractivity (Wildman–Crippen MR) is 136 cm³/mol. The van der Waals surface area contributed by atoms with E-state index in [0.29, 0.717) is 39.5 Å². The van der Waals surface area contributed by atoms with Crippen molar-refractivity contribution in [3.05, 3.63) is 107 Å². The molecule has 0 amide bonds. The molecule has 0 fully saturated rings. The van der Waals surface area contributed by atoms with E-state index in [4.69, 9.17) is 4.74 Å². The maximum Gasteiger partial charge on any atom is 0.218 e. The van der Waals surface area contributed by atoms with Crippen molar-refractivity contribution in [1.82, 2.24) is 19.6 Å². The average Bonchev–Trinajstić information content (AvgIpc) is 3.36. The first-order chi connectivity index (χ1) is 17.4. The van der Waals surface area contributed by atoms with Gasteiger partial charge in [-0.15, -0.1) is 0 Å². The van der Waals surface area contributed by atoms with Crippen LogP contribution in [0.3, 0.4) is 0 Å². The molecule has 8 nitrogen and oxygen atoms in total. The fourth-order valence-corrected chi connectivity index (χ4v) is 4.58. The zero-order chi connectivity index (χ0) is 25.4. The van der Waals surface area contributed by atoms with E-state index < -0.39 is 5.92 Å². The van der Waals surface area contributed by atoms with Gasteiger partial charge in [-0.1, -0.05) is 42.5 Å². The van der Waals surface area contributed by atoms with Gasteiger partial charge in [0.15, 0.2) is 11.5 Å². The van der Waals surface area contributed by atoms with Crippen LogP contribution in [0.4, 0.5) is 0 Å². The Morgan fingerprint density at radius 3 is 1.59 bits per heavy atom. The number of aromatic nitrogens is 4. The monoisotopic (exact) mass is 545 g/mol. The van der Waals surface area contributed by atoms with Crippen molar-refractivity contribution in [2.45, 2.75) is 19.8 Å². The number of phenolic OH excluding ortho intramolecular Hbond substituents is 1. The summed E-state index contributed by atoms with van der Waals surface area (Å²) in [5.74, 6) is -0.502. The maximum absolute atomic E-state index is 11.5. The van der Waals surface area contributed by atoms with Gasteiger partial charge in [0.25, 0.3) is 0 Å². The summed E-state index contributed by atoms with van der Waals surface area (Å²) in [6.07, 6.45) is 0. The smallest absolute Gasteiger partial charge is 0.218 e. The standard InChI is InChI=1S/C28H26N4O4.Cu/c1-17-24(27(34)31(29-17)20-10-6-4-7-11-20)26(19-14-15-22(33)23(16-19)36-3)25-18(2)30-32(28(25)35)21-12-8-5-9-13-21;/h4-16,26,33-35H,1-3H3;. The third-order valence-corrected chi connectivity index (χ3v) is 6.28. The molecule has 1 radical (unpaired) electrons. The zero-order valence-electron chi connectivity index (χ0n) is 20.4. The number of hydrogen-bond acceptors (Lipinski definition) is 6. The summed E-state index contributed by atoms with van der Waals surface area (Å²) in [4.78, 5) is 0. The predicted octanol–water partition coefficient (Wildman–Crippen LogP) is 4.98. The van der Waals surface area contributed by atoms with E-state index in [1.54, 1.807) is 12.1 Å². The van der Waals surface area contributed by atoms with E-state index in [9.17, 15) is 15.3 Å². The molecule has 0 atom stereocenters. The third-order valence-electron chi connectivity index (χ3n) is 6.28. The van der Waals surface area contributed by atoms with Gasteiger partial charge in [-0.25, -0.2) is 9.36 Å². The Kier molecular flexibility index (Phi) is 7.29. The number of aromatic hydroxyl groups is 3. The zero-order valence-corrected chi connectivity index (χ0v) is 21.4. The van der Waals surface area contributed by atoms with Crippen molar-refractivity contribution in [2.75, 3.05) is 7.11 Å². The molecule has 3 aromatic carbocycles. The Labute approximate surface area is 224 Å². The summed E-state index contributed by atoms with van der Waals surface area (Å²) in [5, 5.41) is 42.4. The molecule has 5 rings (SSSR count). The number of benzene rings is 3. The summed E-state index contributed by atoms with van der Waals surface area (Å²) >= 11 is 0. The molecule has 0 aliphatic heterocycles. The fraction of sp³-hybridized carbons (Fsp3) is 0.143. The Hall–Kier alpha value is -4.20. The van der Waals surface area contributed by atoms with Crippen LogP contribution in [0.5, 0.6) is 23.3 Å². The van der Waals surface area contributed by atoms with Crippen molar-refractivity contribution in [2.24, 2.45) is 0 Å². The van der Waals surface area contributed by atoms with Gasteiger partial charge < -0.3 is 20.1 Å².